The lowest BCUT2D eigenvalue weighted by molar-refractivity contribution is 0.318. The third-order valence-corrected chi connectivity index (χ3v) is 1.64. The maximum Gasteiger partial charge on any atom is 0.0591 e. The fraction of sp³-hybridized carbons (Fsp3) is 1.00. The van der Waals surface area contributed by atoms with E-state index >= 15 is 0 Å². The molecule has 60 valence electrons. The molecule has 0 saturated carbocycles. The first-order chi connectivity index (χ1) is 4.93. The van der Waals surface area contributed by atoms with Crippen LogP contribution < -0.4 is 21.7 Å². The van der Waals surface area contributed by atoms with E-state index in [1.807, 2.05) is 0 Å². The molecule has 0 aliphatic carbocycles. The molecule has 0 aromatic rings. The summed E-state index contributed by atoms with van der Waals surface area (Å²) < 4.78 is 0. The summed E-state index contributed by atoms with van der Waals surface area (Å²) in [5, 5.41) is 9.69. The Bertz CT molecular complexity index is 79.8. The zero-order chi connectivity index (χ0) is 7.23. The van der Waals surface area contributed by atoms with Crippen molar-refractivity contribution in [1.82, 2.24) is 16.0 Å². The zero-order valence-electron chi connectivity index (χ0n) is 6.19. The molecule has 0 atom stereocenters. The molecule has 1 saturated heterocycles. The minimum Gasteiger partial charge on any atom is -0.330 e. The van der Waals surface area contributed by atoms with Crippen LogP contribution in [0.1, 0.15) is 12.8 Å². The highest BCUT2D eigenvalue weighted by atomic mass is 15.3. The van der Waals surface area contributed by atoms with E-state index in [-0.39, 0.29) is 0 Å². The predicted octanol–water partition coefficient (Wildman–Crippen LogP) is -1.25. The Balaban J connectivity index is 2.02. The van der Waals surface area contributed by atoms with E-state index in [1.165, 1.54) is 0 Å². The van der Waals surface area contributed by atoms with Gasteiger partial charge in [-0.1, -0.05) is 0 Å². The van der Waals surface area contributed by atoms with Gasteiger partial charge in [-0.05, 0) is 19.4 Å². The minimum atomic E-state index is 0.463. The Morgan fingerprint density at radius 3 is 2.60 bits per heavy atom. The number of hydrogen-bond donors (Lipinski definition) is 4. The van der Waals surface area contributed by atoms with Gasteiger partial charge in [0.2, 0.25) is 0 Å². The fourth-order valence-electron chi connectivity index (χ4n) is 1.05. The van der Waals surface area contributed by atoms with Crippen LogP contribution in [0.3, 0.4) is 0 Å². The van der Waals surface area contributed by atoms with Gasteiger partial charge in [0.1, 0.15) is 0 Å². The third-order valence-electron chi connectivity index (χ3n) is 1.64. The Morgan fingerprint density at radius 2 is 2.00 bits per heavy atom. The van der Waals surface area contributed by atoms with E-state index in [1.54, 1.807) is 0 Å². The van der Waals surface area contributed by atoms with Gasteiger partial charge in [-0.2, -0.15) is 0 Å². The van der Waals surface area contributed by atoms with Gasteiger partial charge in [0.05, 0.1) is 6.17 Å². The summed E-state index contributed by atoms with van der Waals surface area (Å²) in [6, 6.07) is 0. The van der Waals surface area contributed by atoms with Crippen LogP contribution >= 0.6 is 0 Å². The molecule has 5 N–H and O–H groups in total. The topological polar surface area (TPSA) is 62.1 Å². The van der Waals surface area contributed by atoms with Crippen molar-refractivity contribution in [2.75, 3.05) is 19.9 Å². The lowest BCUT2D eigenvalue weighted by atomic mass is 10.2. The van der Waals surface area contributed by atoms with Gasteiger partial charge in [0.25, 0.3) is 0 Å². The number of rotatable bonds is 3. The molecule has 1 fully saturated rings. The molecule has 1 heterocycles. The quantitative estimate of drug-likeness (QED) is 0.400. The Labute approximate surface area is 61.5 Å². The van der Waals surface area contributed by atoms with Crippen LogP contribution in [-0.2, 0) is 0 Å². The Kier molecular flexibility index (Phi) is 3.67. The molecule has 0 radical (unpaired) electrons. The standard InChI is InChI=1S/C6H16N4/c7-3-1-2-6-9-4-8-5-10-6/h6,8-10H,1-5,7H2. The van der Waals surface area contributed by atoms with Crippen molar-refractivity contribution in [3.63, 3.8) is 0 Å². The zero-order valence-corrected chi connectivity index (χ0v) is 6.19. The maximum absolute atomic E-state index is 5.37. The largest absolute Gasteiger partial charge is 0.330 e. The predicted molar refractivity (Wildman–Crippen MR) is 41.2 cm³/mol. The van der Waals surface area contributed by atoms with Crippen LogP contribution in [0.25, 0.3) is 0 Å². The molecule has 1 aliphatic heterocycles. The smallest absolute Gasteiger partial charge is 0.0591 e. The molecule has 4 nitrogen and oxygen atoms in total. The first-order valence-electron chi connectivity index (χ1n) is 3.81. The lowest BCUT2D eigenvalue weighted by Gasteiger charge is -2.25. The highest BCUT2D eigenvalue weighted by molar-refractivity contribution is 4.67. The van der Waals surface area contributed by atoms with Gasteiger partial charge >= 0.3 is 0 Å². The number of nitrogens with two attached hydrogens (primary N) is 1. The summed E-state index contributed by atoms with van der Waals surface area (Å²) in [5.74, 6) is 0. The molecule has 0 bridgehead atoms. The SMILES string of the molecule is NCCCC1NCNCN1. The molecule has 0 aromatic carbocycles. The summed E-state index contributed by atoms with van der Waals surface area (Å²) in [7, 11) is 0. The third kappa shape index (κ3) is 2.62. The van der Waals surface area contributed by atoms with Crippen LogP contribution in [0.2, 0.25) is 0 Å². The first-order valence-corrected chi connectivity index (χ1v) is 3.81. The van der Waals surface area contributed by atoms with Crippen molar-refractivity contribution in [2.24, 2.45) is 5.73 Å². The van der Waals surface area contributed by atoms with Gasteiger partial charge in [-0.3, -0.25) is 16.0 Å². The number of nitrogens with one attached hydrogen (secondary N) is 3. The van der Waals surface area contributed by atoms with E-state index < -0.39 is 0 Å². The molecule has 4 heteroatoms. The molecular formula is C6H16N4. The van der Waals surface area contributed by atoms with Gasteiger partial charge in [0, 0.05) is 13.3 Å². The molecule has 0 amide bonds. The molecule has 0 spiro atoms. The van der Waals surface area contributed by atoms with Crippen molar-refractivity contribution in [1.29, 1.82) is 0 Å². The van der Waals surface area contributed by atoms with E-state index in [2.05, 4.69) is 16.0 Å². The fourth-order valence-corrected chi connectivity index (χ4v) is 1.05. The number of hydrogen-bond acceptors (Lipinski definition) is 4. The van der Waals surface area contributed by atoms with Crippen molar-refractivity contribution >= 4 is 0 Å². The van der Waals surface area contributed by atoms with Crippen LogP contribution in [0.5, 0.6) is 0 Å². The van der Waals surface area contributed by atoms with E-state index in [0.717, 1.165) is 32.7 Å². The summed E-state index contributed by atoms with van der Waals surface area (Å²) in [6.45, 7) is 2.60. The monoisotopic (exact) mass is 144 g/mol. The average molecular weight is 144 g/mol. The van der Waals surface area contributed by atoms with Crippen LogP contribution in [0, 0.1) is 0 Å². The summed E-state index contributed by atoms with van der Waals surface area (Å²) in [4.78, 5) is 0. The van der Waals surface area contributed by atoms with Gasteiger partial charge in [-0.25, -0.2) is 0 Å². The summed E-state index contributed by atoms with van der Waals surface area (Å²) in [5.41, 5.74) is 5.37. The summed E-state index contributed by atoms with van der Waals surface area (Å²) >= 11 is 0. The summed E-state index contributed by atoms with van der Waals surface area (Å²) in [6.07, 6.45) is 2.67. The Hall–Kier alpha value is -0.160. The molecule has 0 unspecified atom stereocenters. The van der Waals surface area contributed by atoms with Gasteiger partial charge in [0.15, 0.2) is 0 Å². The maximum atomic E-state index is 5.37. The van der Waals surface area contributed by atoms with Crippen LogP contribution in [0.4, 0.5) is 0 Å². The first kappa shape index (κ1) is 7.94. The lowest BCUT2D eigenvalue weighted by Crippen LogP contribution is -2.55. The molecule has 1 aliphatic rings. The van der Waals surface area contributed by atoms with Crippen molar-refractivity contribution in [3.05, 3.63) is 0 Å². The molecule has 0 aromatic heterocycles. The van der Waals surface area contributed by atoms with Gasteiger partial charge in [-0.15, -0.1) is 0 Å². The molecule has 10 heavy (non-hydrogen) atoms. The van der Waals surface area contributed by atoms with E-state index in [9.17, 15) is 0 Å². The van der Waals surface area contributed by atoms with E-state index in [0.29, 0.717) is 6.17 Å². The molecule has 1 rings (SSSR count). The average Bonchev–Trinajstić information content (AvgIpc) is 2.03. The second kappa shape index (κ2) is 4.62. The van der Waals surface area contributed by atoms with Gasteiger partial charge < -0.3 is 5.73 Å². The normalized spacial score (nSPS) is 21.3. The second-order valence-electron chi connectivity index (χ2n) is 2.50. The van der Waals surface area contributed by atoms with E-state index in [4.69, 9.17) is 5.73 Å². The molecular weight excluding hydrogens is 128 g/mol. The van der Waals surface area contributed by atoms with Crippen molar-refractivity contribution in [3.8, 4) is 0 Å². The second-order valence-corrected chi connectivity index (χ2v) is 2.50. The Morgan fingerprint density at radius 1 is 1.30 bits per heavy atom. The van der Waals surface area contributed by atoms with Crippen molar-refractivity contribution < 1.29 is 0 Å². The van der Waals surface area contributed by atoms with Crippen molar-refractivity contribution in [2.45, 2.75) is 19.0 Å². The van der Waals surface area contributed by atoms with Crippen LogP contribution in [0.15, 0.2) is 0 Å². The highest BCUT2D eigenvalue weighted by Gasteiger charge is 2.08. The van der Waals surface area contributed by atoms with Crippen LogP contribution in [-0.4, -0.2) is 26.0 Å². The highest BCUT2D eigenvalue weighted by Crippen LogP contribution is 1.92. The minimum absolute atomic E-state index is 0.463.